The molecule has 2 rings (SSSR count). The number of hydrogen-bond acceptors (Lipinski definition) is 3. The van der Waals surface area contributed by atoms with Gasteiger partial charge in [-0.15, -0.1) is 0 Å². The highest BCUT2D eigenvalue weighted by Gasteiger charge is 2.57. The van der Waals surface area contributed by atoms with E-state index in [0.29, 0.717) is 23.9 Å². The molecule has 1 atom stereocenters. The third kappa shape index (κ3) is 4.53. The molecule has 0 saturated heterocycles. The van der Waals surface area contributed by atoms with E-state index in [0.717, 1.165) is 12.1 Å². The van der Waals surface area contributed by atoms with Crippen LogP contribution in [0.3, 0.4) is 0 Å². The summed E-state index contributed by atoms with van der Waals surface area (Å²) < 4.78 is 56.3. The lowest BCUT2D eigenvalue weighted by Gasteiger charge is -2.33. The van der Waals surface area contributed by atoms with Gasteiger partial charge in [-0.05, 0) is 56.2 Å². The molecule has 0 radical (unpaired) electrons. The summed E-state index contributed by atoms with van der Waals surface area (Å²) >= 11 is 0. The van der Waals surface area contributed by atoms with E-state index in [9.17, 15) is 22.7 Å². The maximum atomic E-state index is 14.2. The molecule has 0 spiro atoms. The Hall–Kier alpha value is -2.61. The van der Waals surface area contributed by atoms with Gasteiger partial charge in [-0.25, -0.2) is 9.38 Å². The predicted octanol–water partition coefficient (Wildman–Crippen LogP) is 4.89. The SMILES string of the molecule is CCN(C)/C=N/c1cc(NC)c(C(O)(c2cc(C)cc(F)c2)C(F)(F)F)cc1C. The van der Waals surface area contributed by atoms with Gasteiger partial charge in [0.25, 0.3) is 0 Å². The summed E-state index contributed by atoms with van der Waals surface area (Å²) in [7, 11) is 3.27. The molecule has 2 N–H and O–H groups in total. The first-order valence-electron chi connectivity index (χ1n) is 9.08. The number of nitrogens with zero attached hydrogens (tertiary/aromatic N) is 2. The number of halogens is 4. The van der Waals surface area contributed by atoms with Gasteiger partial charge in [0.05, 0.1) is 12.0 Å². The molecule has 0 aliphatic rings. The fourth-order valence-corrected chi connectivity index (χ4v) is 3.00. The minimum absolute atomic E-state index is 0.0450. The van der Waals surface area contributed by atoms with Crippen molar-refractivity contribution in [2.24, 2.45) is 4.99 Å². The second kappa shape index (κ2) is 8.41. The van der Waals surface area contributed by atoms with Crippen LogP contribution in [0, 0.1) is 19.7 Å². The van der Waals surface area contributed by atoms with Crippen molar-refractivity contribution in [1.82, 2.24) is 4.90 Å². The van der Waals surface area contributed by atoms with Crippen LogP contribution >= 0.6 is 0 Å². The summed E-state index contributed by atoms with van der Waals surface area (Å²) in [5.41, 5.74) is -3.18. The second-order valence-electron chi connectivity index (χ2n) is 6.98. The smallest absolute Gasteiger partial charge is 0.388 e. The Morgan fingerprint density at radius 1 is 1.14 bits per heavy atom. The van der Waals surface area contributed by atoms with Crippen LogP contribution in [0.1, 0.15) is 29.2 Å². The van der Waals surface area contributed by atoms with E-state index in [-0.39, 0.29) is 11.3 Å². The van der Waals surface area contributed by atoms with E-state index in [2.05, 4.69) is 10.3 Å². The average Bonchev–Trinajstić information content (AvgIpc) is 2.64. The fraction of sp³-hybridized carbons (Fsp3) is 0.381. The molecule has 29 heavy (non-hydrogen) atoms. The molecule has 158 valence electrons. The number of anilines is 1. The summed E-state index contributed by atoms with van der Waals surface area (Å²) in [4.78, 5) is 6.12. The fourth-order valence-electron chi connectivity index (χ4n) is 3.00. The topological polar surface area (TPSA) is 47.9 Å². The Morgan fingerprint density at radius 2 is 1.79 bits per heavy atom. The number of alkyl halides is 3. The summed E-state index contributed by atoms with van der Waals surface area (Å²) in [6, 6.07) is 5.61. The minimum atomic E-state index is -5.08. The van der Waals surface area contributed by atoms with E-state index in [4.69, 9.17) is 0 Å². The predicted molar refractivity (Wildman–Crippen MR) is 107 cm³/mol. The van der Waals surface area contributed by atoms with Crippen LogP contribution in [-0.2, 0) is 5.60 Å². The van der Waals surface area contributed by atoms with Crippen molar-refractivity contribution in [3.8, 4) is 0 Å². The van der Waals surface area contributed by atoms with Crippen LogP contribution in [0.2, 0.25) is 0 Å². The van der Waals surface area contributed by atoms with Gasteiger partial charge in [-0.3, -0.25) is 0 Å². The molecule has 0 aliphatic carbocycles. The van der Waals surface area contributed by atoms with Crippen LogP contribution in [-0.4, -0.2) is 43.2 Å². The lowest BCUT2D eigenvalue weighted by molar-refractivity contribution is -0.248. The van der Waals surface area contributed by atoms with Gasteiger partial charge in [0, 0.05) is 37.5 Å². The maximum Gasteiger partial charge on any atom is 0.425 e. The maximum absolute atomic E-state index is 14.2. The Balaban J connectivity index is 2.75. The molecule has 1 unspecified atom stereocenters. The Labute approximate surface area is 167 Å². The monoisotopic (exact) mass is 411 g/mol. The molecule has 0 saturated carbocycles. The van der Waals surface area contributed by atoms with E-state index in [1.165, 1.54) is 26.1 Å². The first-order chi connectivity index (χ1) is 13.4. The lowest BCUT2D eigenvalue weighted by Crippen LogP contribution is -2.44. The highest BCUT2D eigenvalue weighted by Crippen LogP contribution is 2.48. The number of aryl methyl sites for hydroxylation is 2. The van der Waals surface area contributed by atoms with Gasteiger partial charge in [-0.1, -0.05) is 6.07 Å². The Kier molecular flexibility index (Phi) is 6.57. The average molecular weight is 411 g/mol. The van der Waals surface area contributed by atoms with Gasteiger partial charge >= 0.3 is 6.18 Å². The van der Waals surface area contributed by atoms with Crippen LogP contribution in [0.25, 0.3) is 0 Å². The van der Waals surface area contributed by atoms with Gasteiger partial charge in [-0.2, -0.15) is 13.2 Å². The van der Waals surface area contributed by atoms with Crippen molar-refractivity contribution >= 4 is 17.7 Å². The molecule has 0 aliphatic heterocycles. The molecule has 2 aromatic rings. The normalized spacial score (nSPS) is 14.1. The van der Waals surface area contributed by atoms with E-state index < -0.39 is 28.7 Å². The third-order valence-electron chi connectivity index (χ3n) is 4.76. The Morgan fingerprint density at radius 3 is 2.31 bits per heavy atom. The second-order valence-corrected chi connectivity index (χ2v) is 6.98. The number of nitrogens with one attached hydrogen (secondary N) is 1. The largest absolute Gasteiger partial charge is 0.425 e. The summed E-state index contributed by atoms with van der Waals surface area (Å²) in [6.07, 6.45) is -3.51. The molecule has 2 aromatic carbocycles. The molecule has 0 fully saturated rings. The number of benzene rings is 2. The molecule has 8 heteroatoms. The summed E-state index contributed by atoms with van der Waals surface area (Å²) in [5, 5.41) is 13.6. The molecule has 0 amide bonds. The first kappa shape index (κ1) is 22.7. The number of rotatable bonds is 6. The molecular formula is C21H25F4N3O. The standard InChI is InChI=1S/C21H25F4N3O/c1-6-28(5)12-27-18-11-19(26-4)17(9-14(18)3)20(29,21(23,24)25)15-7-13(2)8-16(22)10-15/h7-12,26,29H,6H2,1-5H3/b27-12+. The lowest BCUT2D eigenvalue weighted by atomic mass is 9.83. The first-order valence-corrected chi connectivity index (χ1v) is 9.08. The Bertz CT molecular complexity index is 891. The van der Waals surface area contributed by atoms with E-state index >= 15 is 0 Å². The van der Waals surface area contributed by atoms with Crippen molar-refractivity contribution in [1.29, 1.82) is 0 Å². The van der Waals surface area contributed by atoms with E-state index in [1.807, 2.05) is 18.9 Å². The van der Waals surface area contributed by atoms with Crippen molar-refractivity contribution < 1.29 is 22.7 Å². The van der Waals surface area contributed by atoms with E-state index in [1.54, 1.807) is 13.3 Å². The molecule has 0 heterocycles. The van der Waals surface area contributed by atoms with Gasteiger partial charge < -0.3 is 15.3 Å². The zero-order valence-electron chi connectivity index (χ0n) is 17.0. The zero-order valence-corrected chi connectivity index (χ0v) is 17.0. The van der Waals surface area contributed by atoms with Crippen molar-refractivity contribution in [3.05, 3.63) is 58.4 Å². The molecule has 0 bridgehead atoms. The summed E-state index contributed by atoms with van der Waals surface area (Å²) in [6.45, 7) is 5.72. The zero-order chi connectivity index (χ0) is 22.0. The summed E-state index contributed by atoms with van der Waals surface area (Å²) in [5.74, 6) is -0.853. The van der Waals surface area contributed by atoms with Crippen LogP contribution in [0.4, 0.5) is 28.9 Å². The van der Waals surface area contributed by atoms with Crippen molar-refractivity contribution in [2.45, 2.75) is 32.5 Å². The third-order valence-corrected chi connectivity index (χ3v) is 4.76. The number of aliphatic hydroxyl groups is 1. The highest BCUT2D eigenvalue weighted by atomic mass is 19.4. The van der Waals surface area contributed by atoms with Crippen molar-refractivity contribution in [3.63, 3.8) is 0 Å². The van der Waals surface area contributed by atoms with Crippen molar-refractivity contribution in [2.75, 3.05) is 26.0 Å². The quantitative estimate of drug-likeness (QED) is 0.404. The highest BCUT2D eigenvalue weighted by molar-refractivity contribution is 5.70. The number of hydrogen-bond donors (Lipinski definition) is 2. The van der Waals surface area contributed by atoms with Crippen LogP contribution in [0.15, 0.2) is 35.3 Å². The molecular weight excluding hydrogens is 386 g/mol. The van der Waals surface area contributed by atoms with Crippen LogP contribution in [0.5, 0.6) is 0 Å². The van der Waals surface area contributed by atoms with Gasteiger partial charge in [0.15, 0.2) is 0 Å². The van der Waals surface area contributed by atoms with Gasteiger partial charge in [0.1, 0.15) is 5.82 Å². The minimum Gasteiger partial charge on any atom is -0.388 e. The molecule has 4 nitrogen and oxygen atoms in total. The van der Waals surface area contributed by atoms with Gasteiger partial charge in [0.2, 0.25) is 5.60 Å². The number of aliphatic imine (C=N–C) groups is 1. The molecule has 0 aromatic heterocycles. The van der Waals surface area contributed by atoms with Crippen LogP contribution < -0.4 is 5.32 Å².